The molecule has 3 N–H and O–H groups in total. The van der Waals surface area contributed by atoms with Gasteiger partial charge in [0.25, 0.3) is 11.8 Å². The number of amides is 2. The average Bonchev–Trinajstić information content (AvgIpc) is 2.49. The Morgan fingerprint density at radius 2 is 1.91 bits per heavy atom. The molecular formula is C14H12N2O6S. The molecule has 0 bridgehead atoms. The number of carbonyl (C=O) groups is 3. The molecule has 1 aromatic rings. The highest BCUT2D eigenvalue weighted by Crippen LogP contribution is 2.29. The molecule has 23 heavy (non-hydrogen) atoms. The van der Waals surface area contributed by atoms with Crippen molar-refractivity contribution in [3.8, 4) is 11.5 Å². The largest absolute Gasteiger partial charge is 0.493 e. The zero-order chi connectivity index (χ0) is 17.0. The van der Waals surface area contributed by atoms with E-state index in [-0.39, 0.29) is 22.2 Å². The second-order valence-electron chi connectivity index (χ2n) is 4.39. The summed E-state index contributed by atoms with van der Waals surface area (Å²) < 4.78 is 10.2. The molecule has 2 rings (SSSR count). The molecule has 0 aliphatic carbocycles. The van der Waals surface area contributed by atoms with Gasteiger partial charge in [0, 0.05) is 0 Å². The second-order valence-corrected chi connectivity index (χ2v) is 4.80. The van der Waals surface area contributed by atoms with Crippen molar-refractivity contribution in [3.05, 3.63) is 29.3 Å². The predicted octanol–water partition coefficient (Wildman–Crippen LogP) is 0.0729. The van der Waals surface area contributed by atoms with Gasteiger partial charge in [0.05, 0.1) is 7.11 Å². The summed E-state index contributed by atoms with van der Waals surface area (Å²) in [4.78, 5) is 34.1. The average molecular weight is 336 g/mol. The summed E-state index contributed by atoms with van der Waals surface area (Å²) in [5.74, 6) is -1.83. The number of nitrogens with one attached hydrogen (secondary N) is 2. The standard InChI is InChI=1S/C14H12N2O6S/c1-21-10-5-7(2-3-9(10)22-6-11(17)18)4-8-12(19)15-14(23)16-13(8)20/h2-5H,6H2,1H3,(H,17,18)(H2,15,16,19,20,23). The summed E-state index contributed by atoms with van der Waals surface area (Å²) >= 11 is 4.71. The fraction of sp³-hybridized carbons (Fsp3) is 0.143. The van der Waals surface area contributed by atoms with Gasteiger partial charge >= 0.3 is 5.97 Å². The Balaban J connectivity index is 2.28. The first kappa shape index (κ1) is 16.4. The van der Waals surface area contributed by atoms with Crippen LogP contribution in [-0.2, 0) is 14.4 Å². The molecule has 1 heterocycles. The molecule has 9 heteroatoms. The highest BCUT2D eigenvalue weighted by Gasteiger charge is 2.25. The van der Waals surface area contributed by atoms with Gasteiger partial charge in [-0.1, -0.05) is 6.07 Å². The molecule has 1 fully saturated rings. The number of hydrogen-bond acceptors (Lipinski definition) is 6. The smallest absolute Gasteiger partial charge is 0.341 e. The third-order valence-corrected chi connectivity index (χ3v) is 3.00. The third kappa shape index (κ3) is 4.04. The Morgan fingerprint density at radius 3 is 2.48 bits per heavy atom. The van der Waals surface area contributed by atoms with Gasteiger partial charge in [0.1, 0.15) is 5.57 Å². The van der Waals surface area contributed by atoms with Crippen LogP contribution in [0.15, 0.2) is 23.8 Å². The number of ether oxygens (including phenoxy) is 2. The van der Waals surface area contributed by atoms with Gasteiger partial charge in [-0.2, -0.15) is 0 Å². The van der Waals surface area contributed by atoms with Crippen molar-refractivity contribution >= 4 is 41.2 Å². The molecule has 0 atom stereocenters. The predicted molar refractivity (Wildman–Crippen MR) is 83.0 cm³/mol. The van der Waals surface area contributed by atoms with E-state index in [1.807, 2.05) is 0 Å². The molecule has 2 amide bonds. The molecule has 0 spiro atoms. The summed E-state index contributed by atoms with van der Waals surface area (Å²) in [7, 11) is 1.39. The van der Waals surface area contributed by atoms with Crippen LogP contribution < -0.4 is 20.1 Å². The third-order valence-electron chi connectivity index (χ3n) is 2.79. The van der Waals surface area contributed by atoms with E-state index in [1.54, 1.807) is 6.07 Å². The fourth-order valence-corrected chi connectivity index (χ4v) is 1.99. The number of carboxylic acids is 1. The topological polar surface area (TPSA) is 114 Å². The first-order chi connectivity index (χ1) is 10.9. The minimum absolute atomic E-state index is 0.0489. The molecule has 1 aliphatic rings. The van der Waals surface area contributed by atoms with Crippen molar-refractivity contribution < 1.29 is 29.0 Å². The van der Waals surface area contributed by atoms with Gasteiger partial charge in [-0.3, -0.25) is 20.2 Å². The Morgan fingerprint density at radius 1 is 1.26 bits per heavy atom. The van der Waals surface area contributed by atoms with E-state index in [2.05, 4.69) is 10.6 Å². The van der Waals surface area contributed by atoms with Crippen molar-refractivity contribution in [1.82, 2.24) is 10.6 Å². The number of carbonyl (C=O) groups excluding carboxylic acids is 2. The Labute approximate surface area is 136 Å². The second kappa shape index (κ2) is 6.88. The highest BCUT2D eigenvalue weighted by molar-refractivity contribution is 7.80. The van der Waals surface area contributed by atoms with Crippen molar-refractivity contribution in [2.45, 2.75) is 0 Å². The van der Waals surface area contributed by atoms with E-state index in [0.29, 0.717) is 5.56 Å². The molecule has 120 valence electrons. The molecule has 1 aliphatic heterocycles. The van der Waals surface area contributed by atoms with Gasteiger partial charge in [-0.15, -0.1) is 0 Å². The van der Waals surface area contributed by atoms with Crippen LogP contribution in [0.1, 0.15) is 5.56 Å². The van der Waals surface area contributed by atoms with Crippen molar-refractivity contribution in [1.29, 1.82) is 0 Å². The van der Waals surface area contributed by atoms with Gasteiger partial charge in [0.2, 0.25) is 0 Å². The van der Waals surface area contributed by atoms with Crippen molar-refractivity contribution in [2.24, 2.45) is 0 Å². The van der Waals surface area contributed by atoms with E-state index in [9.17, 15) is 14.4 Å². The number of methoxy groups -OCH3 is 1. The van der Waals surface area contributed by atoms with Crippen LogP contribution in [-0.4, -0.2) is 41.7 Å². The number of hydrogen-bond donors (Lipinski definition) is 3. The van der Waals surface area contributed by atoms with Crippen LogP contribution in [0.25, 0.3) is 6.08 Å². The molecule has 1 saturated heterocycles. The molecule has 8 nitrogen and oxygen atoms in total. The first-order valence-corrected chi connectivity index (χ1v) is 6.72. The lowest BCUT2D eigenvalue weighted by Crippen LogP contribution is -2.51. The quantitative estimate of drug-likeness (QED) is 0.396. The summed E-state index contributed by atoms with van der Waals surface area (Å²) in [6.45, 7) is -0.515. The van der Waals surface area contributed by atoms with Crippen LogP contribution in [0.3, 0.4) is 0 Å². The normalized spacial score (nSPS) is 14.0. The van der Waals surface area contributed by atoms with Gasteiger partial charge in [0.15, 0.2) is 23.2 Å². The Bertz CT molecular complexity index is 706. The lowest BCUT2D eigenvalue weighted by atomic mass is 10.1. The summed E-state index contributed by atoms with van der Waals surface area (Å²) in [5, 5.41) is 13.2. The molecular weight excluding hydrogens is 324 g/mol. The number of thiocarbonyl (C=S) groups is 1. The Hall–Kier alpha value is -2.94. The molecule has 0 saturated carbocycles. The van der Waals surface area contributed by atoms with E-state index < -0.39 is 24.4 Å². The molecule has 1 aromatic carbocycles. The minimum atomic E-state index is -1.12. The number of rotatable bonds is 5. The lowest BCUT2D eigenvalue weighted by Gasteiger charge is -2.16. The van der Waals surface area contributed by atoms with Gasteiger partial charge < -0.3 is 14.6 Å². The van der Waals surface area contributed by atoms with Gasteiger partial charge in [-0.25, -0.2) is 4.79 Å². The molecule has 0 unspecified atom stereocenters. The van der Waals surface area contributed by atoms with E-state index >= 15 is 0 Å². The van der Waals surface area contributed by atoms with E-state index in [4.69, 9.17) is 26.8 Å². The van der Waals surface area contributed by atoms with Crippen LogP contribution in [0.5, 0.6) is 11.5 Å². The maximum absolute atomic E-state index is 11.8. The summed E-state index contributed by atoms with van der Waals surface area (Å²) in [6, 6.07) is 4.55. The first-order valence-electron chi connectivity index (χ1n) is 6.31. The number of aliphatic carboxylic acids is 1. The van der Waals surface area contributed by atoms with Crippen LogP contribution >= 0.6 is 12.2 Å². The highest BCUT2D eigenvalue weighted by atomic mass is 32.1. The molecule has 0 aromatic heterocycles. The monoisotopic (exact) mass is 336 g/mol. The maximum atomic E-state index is 11.8. The maximum Gasteiger partial charge on any atom is 0.341 e. The fourth-order valence-electron chi connectivity index (χ4n) is 1.81. The summed E-state index contributed by atoms with van der Waals surface area (Å²) in [6.07, 6.45) is 1.36. The van der Waals surface area contributed by atoms with E-state index in [0.717, 1.165) is 0 Å². The Kier molecular flexibility index (Phi) is 4.91. The zero-order valence-corrected chi connectivity index (χ0v) is 12.7. The van der Waals surface area contributed by atoms with Crippen LogP contribution in [0, 0.1) is 0 Å². The van der Waals surface area contributed by atoms with Gasteiger partial charge in [-0.05, 0) is 36.0 Å². The molecule has 0 radical (unpaired) electrons. The SMILES string of the molecule is COc1cc(C=C2C(=O)NC(=S)NC2=O)ccc1OCC(=O)O. The number of benzene rings is 1. The summed E-state index contributed by atoms with van der Waals surface area (Å²) in [5.41, 5.74) is 0.387. The van der Waals surface area contributed by atoms with E-state index in [1.165, 1.54) is 25.3 Å². The zero-order valence-electron chi connectivity index (χ0n) is 11.9. The number of carboxylic acid groups (broad SMARTS) is 1. The van der Waals surface area contributed by atoms with Crippen LogP contribution in [0.4, 0.5) is 0 Å². The van der Waals surface area contributed by atoms with Crippen molar-refractivity contribution in [2.75, 3.05) is 13.7 Å². The lowest BCUT2D eigenvalue weighted by molar-refractivity contribution is -0.139. The van der Waals surface area contributed by atoms with Crippen LogP contribution in [0.2, 0.25) is 0 Å². The minimum Gasteiger partial charge on any atom is -0.493 e. The van der Waals surface area contributed by atoms with Crippen molar-refractivity contribution in [3.63, 3.8) is 0 Å².